The molecule has 1 saturated heterocycles. The third-order valence-corrected chi connectivity index (χ3v) is 8.24. The van der Waals surface area contributed by atoms with Crippen molar-refractivity contribution in [2.45, 2.75) is 70.7 Å². The van der Waals surface area contributed by atoms with Gasteiger partial charge in [0.05, 0.1) is 32.5 Å². The van der Waals surface area contributed by atoms with Crippen LogP contribution in [-0.4, -0.2) is 65.5 Å². The first kappa shape index (κ1) is 25.5. The van der Waals surface area contributed by atoms with Gasteiger partial charge in [-0.2, -0.15) is 0 Å². The molecule has 5 atom stereocenters. The van der Waals surface area contributed by atoms with Crippen molar-refractivity contribution < 1.29 is 32.9 Å². The zero-order chi connectivity index (χ0) is 24.5. The second kappa shape index (κ2) is 10.2. The van der Waals surface area contributed by atoms with Crippen molar-refractivity contribution in [3.05, 3.63) is 44.5 Å². The number of aliphatic hydroxyl groups is 1. The minimum Gasteiger partial charge on any atom is -0.387 e. The lowest BCUT2D eigenvalue weighted by atomic mass is 10.1. The van der Waals surface area contributed by atoms with Crippen molar-refractivity contribution in [3.8, 4) is 0 Å². The van der Waals surface area contributed by atoms with E-state index in [1.807, 2.05) is 0 Å². The summed E-state index contributed by atoms with van der Waals surface area (Å²) >= 11 is 0. The summed E-state index contributed by atoms with van der Waals surface area (Å²) in [7, 11) is -3.52. The van der Waals surface area contributed by atoms with Crippen LogP contribution in [-0.2, 0) is 27.8 Å². The highest BCUT2D eigenvalue weighted by molar-refractivity contribution is 7.57. The Bertz CT molecular complexity index is 1050. The fourth-order valence-corrected chi connectivity index (χ4v) is 5.64. The summed E-state index contributed by atoms with van der Waals surface area (Å²) in [6.45, 7) is 5.85. The van der Waals surface area contributed by atoms with E-state index in [0.717, 1.165) is 6.42 Å². The minimum atomic E-state index is -3.52. The molecule has 0 amide bonds. The van der Waals surface area contributed by atoms with Crippen LogP contribution < -0.4 is 11.2 Å². The predicted octanol–water partition coefficient (Wildman–Crippen LogP) is 1.84. The van der Waals surface area contributed by atoms with Crippen molar-refractivity contribution in [3.63, 3.8) is 0 Å². The van der Waals surface area contributed by atoms with Gasteiger partial charge >= 0.3 is 13.3 Å². The Kier molecular flexibility index (Phi) is 7.64. The van der Waals surface area contributed by atoms with Crippen LogP contribution in [0.15, 0.2) is 27.7 Å². The first-order valence-corrected chi connectivity index (χ1v) is 13.3. The van der Waals surface area contributed by atoms with E-state index in [4.69, 9.17) is 23.3 Å². The summed E-state index contributed by atoms with van der Waals surface area (Å²) in [6.07, 6.45) is 2.45. The van der Waals surface area contributed by atoms with Crippen LogP contribution in [0.4, 0.5) is 0 Å². The third kappa shape index (κ3) is 5.46. The molecule has 1 aromatic heterocycles. The van der Waals surface area contributed by atoms with Crippen LogP contribution >= 0.6 is 7.60 Å². The lowest BCUT2D eigenvalue weighted by molar-refractivity contribution is -0.0833. The molecule has 0 radical (unpaired) electrons. The Balaban J connectivity index is 1.49. The van der Waals surface area contributed by atoms with E-state index in [2.05, 4.69) is 4.98 Å². The van der Waals surface area contributed by atoms with Crippen LogP contribution in [0.25, 0.3) is 0 Å². The fourth-order valence-electron chi connectivity index (χ4n) is 4.29. The SMILES string of the molecule is CCOP(=O)(/C=C/C1OC(n2cc(C)c(=O)[nH]c2=O)[C@H](OCCOC2CC23CC3)[C@@H]1O)OCC. The Morgan fingerprint density at radius 3 is 2.53 bits per heavy atom. The van der Waals surface area contributed by atoms with E-state index in [1.165, 1.54) is 35.5 Å². The van der Waals surface area contributed by atoms with Crippen molar-refractivity contribution >= 4 is 7.60 Å². The van der Waals surface area contributed by atoms with E-state index in [-0.39, 0.29) is 25.9 Å². The minimum absolute atomic E-state index is 0.179. The highest BCUT2D eigenvalue weighted by Gasteiger charge is 2.63. The van der Waals surface area contributed by atoms with Gasteiger partial charge in [0, 0.05) is 17.6 Å². The maximum absolute atomic E-state index is 12.8. The molecule has 3 aliphatic rings. The number of nitrogens with one attached hydrogen (secondary N) is 1. The Morgan fingerprint density at radius 1 is 1.24 bits per heavy atom. The van der Waals surface area contributed by atoms with E-state index in [0.29, 0.717) is 17.6 Å². The molecule has 3 fully saturated rings. The number of hydrogen-bond acceptors (Lipinski definition) is 9. The Morgan fingerprint density at radius 2 is 1.91 bits per heavy atom. The van der Waals surface area contributed by atoms with Crippen LogP contribution in [0, 0.1) is 12.3 Å². The molecular formula is C22H33N2O9P. The Labute approximate surface area is 197 Å². The normalized spacial score (nSPS) is 29.8. The maximum Gasteiger partial charge on any atom is 0.353 e. The highest BCUT2D eigenvalue weighted by Crippen LogP contribution is 2.67. The summed E-state index contributed by atoms with van der Waals surface area (Å²) in [6, 6.07) is 0. The van der Waals surface area contributed by atoms with Gasteiger partial charge in [0.1, 0.15) is 18.3 Å². The average molecular weight is 500 g/mol. The zero-order valence-corrected chi connectivity index (χ0v) is 20.6. The van der Waals surface area contributed by atoms with Crippen molar-refractivity contribution in [1.29, 1.82) is 0 Å². The molecule has 1 aromatic rings. The molecule has 2 aliphatic carbocycles. The number of H-pyrrole nitrogens is 1. The van der Waals surface area contributed by atoms with Crippen molar-refractivity contribution in [2.75, 3.05) is 26.4 Å². The van der Waals surface area contributed by atoms with Gasteiger partial charge in [0.25, 0.3) is 5.56 Å². The van der Waals surface area contributed by atoms with E-state index in [9.17, 15) is 19.3 Å². The molecule has 1 aliphatic heterocycles. The second-order valence-corrected chi connectivity index (χ2v) is 10.8. The summed E-state index contributed by atoms with van der Waals surface area (Å²) in [4.78, 5) is 26.5. The number of ether oxygens (including phenoxy) is 3. The molecule has 12 heteroatoms. The monoisotopic (exact) mass is 500 g/mol. The summed E-state index contributed by atoms with van der Waals surface area (Å²) in [5.41, 5.74) is -0.482. The first-order valence-electron chi connectivity index (χ1n) is 11.7. The van der Waals surface area contributed by atoms with Crippen LogP contribution in [0.2, 0.25) is 0 Å². The van der Waals surface area contributed by atoms with E-state index in [1.54, 1.807) is 20.8 Å². The molecule has 0 aromatic carbocycles. The smallest absolute Gasteiger partial charge is 0.353 e. The lowest BCUT2D eigenvalue weighted by Gasteiger charge is -2.22. The van der Waals surface area contributed by atoms with Crippen LogP contribution in [0.5, 0.6) is 0 Å². The summed E-state index contributed by atoms with van der Waals surface area (Å²) in [5.74, 6) is 1.25. The zero-order valence-electron chi connectivity index (χ0n) is 19.7. The van der Waals surface area contributed by atoms with Gasteiger partial charge < -0.3 is 28.4 Å². The predicted molar refractivity (Wildman–Crippen MR) is 122 cm³/mol. The third-order valence-electron chi connectivity index (χ3n) is 6.47. The first-order chi connectivity index (χ1) is 16.2. The van der Waals surface area contributed by atoms with Crippen molar-refractivity contribution in [2.24, 2.45) is 5.41 Å². The molecule has 1 spiro atoms. The lowest BCUT2D eigenvalue weighted by Crippen LogP contribution is -2.40. The molecule has 34 heavy (non-hydrogen) atoms. The van der Waals surface area contributed by atoms with Crippen molar-refractivity contribution in [1.82, 2.24) is 9.55 Å². The van der Waals surface area contributed by atoms with E-state index < -0.39 is 43.4 Å². The molecule has 0 bridgehead atoms. The quantitative estimate of drug-likeness (QED) is 0.325. The number of hydrogen-bond donors (Lipinski definition) is 2. The molecule has 2 N–H and O–H groups in total. The Hall–Kier alpha value is -1.59. The van der Waals surface area contributed by atoms with Gasteiger partial charge in [0.2, 0.25) is 0 Å². The topological polar surface area (TPSA) is 138 Å². The molecule has 2 heterocycles. The maximum atomic E-state index is 12.8. The van der Waals surface area contributed by atoms with Crippen LogP contribution in [0.3, 0.4) is 0 Å². The summed E-state index contributed by atoms with van der Waals surface area (Å²) < 4.78 is 42.2. The molecule has 11 nitrogen and oxygen atoms in total. The molecule has 3 unspecified atom stereocenters. The van der Waals surface area contributed by atoms with Crippen LogP contribution in [0.1, 0.15) is 44.9 Å². The number of rotatable bonds is 12. The number of aromatic nitrogens is 2. The largest absolute Gasteiger partial charge is 0.387 e. The second-order valence-electron chi connectivity index (χ2n) is 8.94. The number of aryl methyl sites for hydroxylation is 1. The van der Waals surface area contributed by atoms with E-state index >= 15 is 0 Å². The molecule has 190 valence electrons. The van der Waals surface area contributed by atoms with Gasteiger partial charge in [-0.05, 0) is 51.5 Å². The highest BCUT2D eigenvalue weighted by atomic mass is 31.2. The number of nitrogens with zero attached hydrogens (tertiary/aromatic N) is 1. The van der Waals surface area contributed by atoms with Gasteiger partial charge in [-0.25, -0.2) is 4.79 Å². The number of aromatic amines is 1. The van der Waals surface area contributed by atoms with Gasteiger partial charge in [-0.3, -0.25) is 18.9 Å². The van der Waals surface area contributed by atoms with Gasteiger partial charge in [-0.1, -0.05) is 0 Å². The van der Waals surface area contributed by atoms with Gasteiger partial charge in [-0.15, -0.1) is 0 Å². The molecule has 4 rings (SSSR count). The number of aliphatic hydroxyl groups excluding tert-OH is 1. The summed E-state index contributed by atoms with van der Waals surface area (Å²) in [5, 5.41) is 11.0. The molecule has 2 saturated carbocycles. The fraction of sp³-hybridized carbons (Fsp3) is 0.727. The molecular weight excluding hydrogens is 467 g/mol. The average Bonchev–Trinajstić information content (AvgIpc) is 3.68. The standard InChI is InChI=1S/C22H33N2O9P/c1-4-31-34(28,32-5-2)11-6-15-17(25)18(30-10-9-29-16-12-22(16)7-8-22)20(33-15)24-13-14(3)19(26)23-21(24)27/h6,11,13,15-18,20,25H,4-5,7-10,12H2,1-3H3,(H,23,26,27)/b11-6+/t15?,16?,17-,18-,20?/m1/s1. The van der Waals surface area contributed by atoms with Gasteiger partial charge in [0.15, 0.2) is 6.23 Å².